The Hall–Kier alpha value is -1.23. The van der Waals surface area contributed by atoms with Gasteiger partial charge in [-0.15, -0.1) is 0 Å². The molecule has 2 N–H and O–H groups in total. The number of aromatic nitrogens is 1. The quantitative estimate of drug-likeness (QED) is 0.805. The number of rotatable bonds is 7. The Labute approximate surface area is 118 Å². The molecule has 0 saturated heterocycles. The molecule has 1 fully saturated rings. The summed E-state index contributed by atoms with van der Waals surface area (Å²) in [4.78, 5) is 16.3. The van der Waals surface area contributed by atoms with E-state index in [0.717, 1.165) is 25.2 Å². The summed E-state index contributed by atoms with van der Waals surface area (Å²) in [5.41, 5.74) is 1.50. The molecule has 0 aliphatic heterocycles. The van der Waals surface area contributed by atoms with E-state index in [1.807, 2.05) is 11.8 Å². The Balaban J connectivity index is 1.98. The number of nitrogens with zero attached hydrogens (tertiary/aromatic N) is 1. The highest BCUT2D eigenvalue weighted by Gasteiger charge is 2.42. The molecule has 1 amide bonds. The molecule has 0 aromatic carbocycles. The zero-order valence-corrected chi connectivity index (χ0v) is 12.3. The third-order valence-corrected chi connectivity index (χ3v) is 4.86. The monoisotopic (exact) mass is 279 g/mol. The third kappa shape index (κ3) is 3.62. The number of hydrogen-bond donors (Lipinski definition) is 2. The second-order valence-corrected chi connectivity index (χ2v) is 6.19. The lowest BCUT2D eigenvalue weighted by atomic mass is 10.2. The maximum absolute atomic E-state index is 12.2. The molecule has 2 rings (SSSR count). The van der Waals surface area contributed by atoms with Gasteiger partial charge in [0.15, 0.2) is 0 Å². The predicted molar refractivity (Wildman–Crippen MR) is 80.8 cm³/mol. The number of hydrogen-bond acceptors (Lipinski definition) is 4. The van der Waals surface area contributed by atoms with E-state index < -0.39 is 0 Å². The topological polar surface area (TPSA) is 54.0 Å². The Kier molecular flexibility index (Phi) is 4.69. The van der Waals surface area contributed by atoms with Crippen LogP contribution in [0.1, 0.15) is 36.5 Å². The lowest BCUT2D eigenvalue weighted by Crippen LogP contribution is -2.32. The van der Waals surface area contributed by atoms with Crippen molar-refractivity contribution in [3.8, 4) is 0 Å². The summed E-state index contributed by atoms with van der Waals surface area (Å²) in [6.45, 7) is 3.70. The van der Waals surface area contributed by atoms with Crippen LogP contribution in [0.4, 0.5) is 5.69 Å². The zero-order valence-electron chi connectivity index (χ0n) is 11.5. The first-order valence-corrected chi connectivity index (χ1v) is 7.94. The summed E-state index contributed by atoms with van der Waals surface area (Å²) in [7, 11) is 0. The highest BCUT2D eigenvalue weighted by atomic mass is 32.2. The minimum atomic E-state index is -0.0127. The number of pyridine rings is 1. The summed E-state index contributed by atoms with van der Waals surface area (Å²) >= 11 is 1.85. The summed E-state index contributed by atoms with van der Waals surface area (Å²) < 4.78 is 0.291. The molecule has 1 saturated carbocycles. The third-order valence-electron chi connectivity index (χ3n) is 3.44. The predicted octanol–water partition coefficient (Wildman–Crippen LogP) is 2.53. The van der Waals surface area contributed by atoms with Crippen molar-refractivity contribution in [1.82, 2.24) is 10.3 Å². The normalized spacial score (nSPS) is 15.9. The molecule has 104 valence electrons. The smallest absolute Gasteiger partial charge is 0.253 e. The molecule has 1 aromatic rings. The Bertz CT molecular complexity index is 446. The fourth-order valence-electron chi connectivity index (χ4n) is 1.92. The van der Waals surface area contributed by atoms with E-state index >= 15 is 0 Å². The van der Waals surface area contributed by atoms with Crippen LogP contribution in [0.15, 0.2) is 18.5 Å². The minimum absolute atomic E-state index is 0.0127. The van der Waals surface area contributed by atoms with Gasteiger partial charge in [-0.1, -0.05) is 6.92 Å². The molecule has 0 bridgehead atoms. The van der Waals surface area contributed by atoms with Crippen LogP contribution in [-0.2, 0) is 0 Å². The molecule has 1 aromatic heterocycles. The lowest BCUT2D eigenvalue weighted by Gasteiger charge is -2.15. The van der Waals surface area contributed by atoms with Gasteiger partial charge in [0.25, 0.3) is 5.91 Å². The number of thioether (sulfide) groups is 1. The van der Waals surface area contributed by atoms with E-state index in [4.69, 9.17) is 0 Å². The molecule has 0 spiro atoms. The van der Waals surface area contributed by atoms with Crippen LogP contribution in [0.3, 0.4) is 0 Å². The van der Waals surface area contributed by atoms with Crippen molar-refractivity contribution in [2.24, 2.45) is 0 Å². The van der Waals surface area contributed by atoms with Gasteiger partial charge in [-0.2, -0.15) is 11.8 Å². The van der Waals surface area contributed by atoms with E-state index in [0.29, 0.717) is 10.3 Å². The van der Waals surface area contributed by atoms with Crippen LogP contribution in [0, 0.1) is 0 Å². The zero-order chi connectivity index (χ0) is 13.7. The Morgan fingerprint density at radius 2 is 2.32 bits per heavy atom. The van der Waals surface area contributed by atoms with Gasteiger partial charge < -0.3 is 10.6 Å². The summed E-state index contributed by atoms with van der Waals surface area (Å²) in [6.07, 6.45) is 8.91. The van der Waals surface area contributed by atoms with Gasteiger partial charge in [0, 0.05) is 24.0 Å². The van der Waals surface area contributed by atoms with Crippen LogP contribution in [0.5, 0.6) is 0 Å². The highest BCUT2D eigenvalue weighted by Crippen LogP contribution is 2.46. The second-order valence-electron chi connectivity index (χ2n) is 4.92. The van der Waals surface area contributed by atoms with Crippen molar-refractivity contribution in [2.45, 2.75) is 30.9 Å². The number of nitrogens with one attached hydrogen (secondary N) is 2. The van der Waals surface area contributed by atoms with Crippen molar-refractivity contribution < 1.29 is 4.79 Å². The van der Waals surface area contributed by atoms with Crippen LogP contribution < -0.4 is 10.6 Å². The van der Waals surface area contributed by atoms with Gasteiger partial charge in [-0.05, 0) is 31.6 Å². The summed E-state index contributed by atoms with van der Waals surface area (Å²) in [5, 5.41) is 6.28. The van der Waals surface area contributed by atoms with Crippen molar-refractivity contribution >= 4 is 23.4 Å². The fourth-order valence-corrected chi connectivity index (χ4v) is 2.65. The maximum atomic E-state index is 12.2. The number of carbonyl (C=O) groups excluding carboxylic acids is 1. The Morgan fingerprint density at radius 3 is 2.95 bits per heavy atom. The average Bonchev–Trinajstić information content (AvgIpc) is 3.23. The minimum Gasteiger partial charge on any atom is -0.383 e. The van der Waals surface area contributed by atoms with Gasteiger partial charge in [0.2, 0.25) is 0 Å². The molecule has 19 heavy (non-hydrogen) atoms. The first-order valence-electron chi connectivity index (χ1n) is 6.72. The largest absolute Gasteiger partial charge is 0.383 e. The number of amides is 1. The van der Waals surface area contributed by atoms with Crippen molar-refractivity contribution in [3.63, 3.8) is 0 Å². The molecule has 5 heteroatoms. The second kappa shape index (κ2) is 6.28. The van der Waals surface area contributed by atoms with E-state index in [9.17, 15) is 4.79 Å². The summed E-state index contributed by atoms with van der Waals surface area (Å²) in [6, 6.07) is 1.77. The van der Waals surface area contributed by atoms with E-state index in [-0.39, 0.29) is 5.91 Å². The molecule has 1 heterocycles. The van der Waals surface area contributed by atoms with Crippen molar-refractivity contribution in [2.75, 3.05) is 24.7 Å². The van der Waals surface area contributed by atoms with Crippen molar-refractivity contribution in [3.05, 3.63) is 24.0 Å². The van der Waals surface area contributed by atoms with Crippen LogP contribution in [-0.4, -0.2) is 35.0 Å². The standard InChI is InChI=1S/C14H21N3OS/c1-3-7-16-12-9-15-8-4-11(12)13(18)17-10-14(19-2)5-6-14/h4,8-9,16H,3,5-7,10H2,1-2H3,(H,17,18). The average molecular weight is 279 g/mol. The van der Waals surface area contributed by atoms with Gasteiger partial charge in [-0.3, -0.25) is 9.78 Å². The first-order chi connectivity index (χ1) is 9.21. The lowest BCUT2D eigenvalue weighted by molar-refractivity contribution is 0.0953. The van der Waals surface area contributed by atoms with E-state index in [1.54, 1.807) is 18.5 Å². The van der Waals surface area contributed by atoms with Crippen LogP contribution >= 0.6 is 11.8 Å². The maximum Gasteiger partial charge on any atom is 0.253 e. The van der Waals surface area contributed by atoms with E-state index in [2.05, 4.69) is 28.8 Å². The molecule has 0 radical (unpaired) electrons. The molecule has 0 unspecified atom stereocenters. The molecular weight excluding hydrogens is 258 g/mol. The first kappa shape index (κ1) is 14.2. The van der Waals surface area contributed by atoms with Gasteiger partial charge in [0.1, 0.15) is 0 Å². The van der Waals surface area contributed by atoms with Gasteiger partial charge in [-0.25, -0.2) is 0 Å². The SMILES string of the molecule is CCCNc1cnccc1C(=O)NCC1(SC)CC1. The molecule has 1 aliphatic rings. The molecule has 1 aliphatic carbocycles. The molecule has 0 atom stereocenters. The van der Waals surface area contributed by atoms with Crippen molar-refractivity contribution in [1.29, 1.82) is 0 Å². The highest BCUT2D eigenvalue weighted by molar-refractivity contribution is 8.00. The molecular formula is C14H21N3OS. The van der Waals surface area contributed by atoms with Gasteiger partial charge >= 0.3 is 0 Å². The Morgan fingerprint density at radius 1 is 1.53 bits per heavy atom. The fraction of sp³-hybridized carbons (Fsp3) is 0.571. The number of anilines is 1. The van der Waals surface area contributed by atoms with E-state index in [1.165, 1.54) is 12.8 Å². The summed E-state index contributed by atoms with van der Waals surface area (Å²) in [5.74, 6) is -0.0127. The van der Waals surface area contributed by atoms with Crippen LogP contribution in [0.25, 0.3) is 0 Å². The van der Waals surface area contributed by atoms with Crippen LogP contribution in [0.2, 0.25) is 0 Å². The molecule has 4 nitrogen and oxygen atoms in total. The number of carbonyl (C=O) groups is 1. The van der Waals surface area contributed by atoms with Gasteiger partial charge in [0.05, 0.1) is 17.4 Å².